The number of para-hydroxylation sites is 1. The van der Waals surface area contributed by atoms with E-state index in [0.29, 0.717) is 12.5 Å². The van der Waals surface area contributed by atoms with Gasteiger partial charge in [-0.3, -0.25) is 0 Å². The molecule has 0 atom stereocenters. The molecule has 0 radical (unpaired) electrons. The van der Waals surface area contributed by atoms with Crippen molar-refractivity contribution in [2.45, 2.75) is 20.4 Å². The van der Waals surface area contributed by atoms with E-state index in [4.69, 9.17) is 10.5 Å². The standard InChI is InChI=1S/C20H23N5O.HI/c1-14-19(15(2)25(24-14)17-7-5-4-6-8-17)13-22-20(21)23-16-9-11-18(26-3)12-10-16;/h4-12H,13H2,1-3H3,(H3,21,22,23);1H. The molecule has 0 spiro atoms. The molecule has 1 heterocycles. The molecular weight excluding hydrogens is 453 g/mol. The fourth-order valence-corrected chi connectivity index (χ4v) is 2.75. The number of methoxy groups -OCH3 is 1. The van der Waals surface area contributed by atoms with Crippen LogP contribution in [0.2, 0.25) is 0 Å². The van der Waals surface area contributed by atoms with Gasteiger partial charge in [0.1, 0.15) is 5.75 Å². The fourth-order valence-electron chi connectivity index (χ4n) is 2.75. The lowest BCUT2D eigenvalue weighted by Gasteiger charge is -2.07. The van der Waals surface area contributed by atoms with Crippen LogP contribution in [-0.4, -0.2) is 22.8 Å². The quantitative estimate of drug-likeness (QED) is 0.331. The highest BCUT2D eigenvalue weighted by atomic mass is 127. The van der Waals surface area contributed by atoms with Gasteiger partial charge in [0.25, 0.3) is 0 Å². The zero-order valence-electron chi connectivity index (χ0n) is 15.6. The number of halogens is 1. The molecule has 0 unspecified atom stereocenters. The number of aromatic nitrogens is 2. The van der Waals surface area contributed by atoms with Crippen LogP contribution in [-0.2, 0) is 6.54 Å². The summed E-state index contributed by atoms with van der Waals surface area (Å²) in [5, 5.41) is 7.72. The van der Waals surface area contributed by atoms with Gasteiger partial charge in [-0.15, -0.1) is 24.0 Å². The third kappa shape index (κ3) is 5.00. The first kappa shape index (κ1) is 20.8. The molecule has 3 aromatic rings. The van der Waals surface area contributed by atoms with Gasteiger partial charge in [-0.2, -0.15) is 5.10 Å². The summed E-state index contributed by atoms with van der Waals surface area (Å²) in [5.74, 6) is 1.16. The minimum Gasteiger partial charge on any atom is -0.497 e. The molecule has 0 saturated heterocycles. The van der Waals surface area contributed by atoms with E-state index in [2.05, 4.69) is 15.4 Å². The number of benzene rings is 2. The molecule has 3 rings (SSSR count). The number of anilines is 1. The zero-order chi connectivity index (χ0) is 18.5. The maximum absolute atomic E-state index is 6.02. The molecular formula is C20H24IN5O. The molecule has 0 fully saturated rings. The summed E-state index contributed by atoms with van der Waals surface area (Å²) in [6.07, 6.45) is 0. The molecule has 0 aliphatic heterocycles. The second kappa shape index (κ2) is 9.40. The van der Waals surface area contributed by atoms with Crippen molar-refractivity contribution in [3.05, 3.63) is 71.5 Å². The highest BCUT2D eigenvalue weighted by molar-refractivity contribution is 14.0. The summed E-state index contributed by atoms with van der Waals surface area (Å²) in [7, 11) is 1.64. The molecule has 3 N–H and O–H groups in total. The summed E-state index contributed by atoms with van der Waals surface area (Å²) in [6.45, 7) is 4.51. The van der Waals surface area contributed by atoms with Crippen LogP contribution in [0, 0.1) is 13.8 Å². The van der Waals surface area contributed by atoms with Gasteiger partial charge in [0.2, 0.25) is 0 Å². The van der Waals surface area contributed by atoms with Gasteiger partial charge in [-0.25, -0.2) is 9.67 Å². The van der Waals surface area contributed by atoms with E-state index in [0.717, 1.165) is 34.1 Å². The summed E-state index contributed by atoms with van der Waals surface area (Å²) >= 11 is 0. The lowest BCUT2D eigenvalue weighted by atomic mass is 10.2. The Morgan fingerprint density at radius 1 is 1.11 bits per heavy atom. The van der Waals surface area contributed by atoms with Crippen molar-refractivity contribution < 1.29 is 4.74 Å². The van der Waals surface area contributed by atoms with E-state index < -0.39 is 0 Å². The monoisotopic (exact) mass is 477 g/mol. The van der Waals surface area contributed by atoms with Crippen LogP contribution in [0.25, 0.3) is 5.69 Å². The maximum Gasteiger partial charge on any atom is 0.193 e. The Hall–Kier alpha value is -2.55. The van der Waals surface area contributed by atoms with E-state index in [-0.39, 0.29) is 24.0 Å². The second-order valence-corrected chi connectivity index (χ2v) is 5.95. The third-order valence-electron chi connectivity index (χ3n) is 4.21. The highest BCUT2D eigenvalue weighted by Gasteiger charge is 2.12. The average Bonchev–Trinajstić information content (AvgIpc) is 2.95. The Labute approximate surface area is 176 Å². The van der Waals surface area contributed by atoms with E-state index >= 15 is 0 Å². The summed E-state index contributed by atoms with van der Waals surface area (Å²) < 4.78 is 7.08. The van der Waals surface area contributed by atoms with Crippen LogP contribution in [0.15, 0.2) is 59.6 Å². The average molecular weight is 477 g/mol. The van der Waals surface area contributed by atoms with Crippen LogP contribution in [0.3, 0.4) is 0 Å². The smallest absolute Gasteiger partial charge is 0.193 e. The van der Waals surface area contributed by atoms with Crippen molar-refractivity contribution in [2.24, 2.45) is 10.7 Å². The van der Waals surface area contributed by atoms with Crippen molar-refractivity contribution in [1.29, 1.82) is 0 Å². The summed E-state index contributed by atoms with van der Waals surface area (Å²) in [4.78, 5) is 4.46. The molecule has 1 aromatic heterocycles. The molecule has 27 heavy (non-hydrogen) atoms. The Morgan fingerprint density at radius 2 is 1.78 bits per heavy atom. The van der Waals surface area contributed by atoms with E-state index in [9.17, 15) is 0 Å². The van der Waals surface area contributed by atoms with E-state index in [1.165, 1.54) is 0 Å². The van der Waals surface area contributed by atoms with E-state index in [1.807, 2.05) is 73.1 Å². The van der Waals surface area contributed by atoms with Crippen LogP contribution in [0.5, 0.6) is 5.75 Å². The second-order valence-electron chi connectivity index (χ2n) is 5.95. The van der Waals surface area contributed by atoms with Crippen LogP contribution in [0.4, 0.5) is 5.69 Å². The largest absolute Gasteiger partial charge is 0.497 e. The number of nitrogens with one attached hydrogen (secondary N) is 1. The van der Waals surface area contributed by atoms with Gasteiger partial charge in [0.05, 0.1) is 25.0 Å². The Morgan fingerprint density at radius 3 is 2.41 bits per heavy atom. The number of hydrogen-bond acceptors (Lipinski definition) is 3. The first-order chi connectivity index (χ1) is 12.6. The van der Waals surface area contributed by atoms with E-state index in [1.54, 1.807) is 7.11 Å². The van der Waals surface area contributed by atoms with Crippen LogP contribution >= 0.6 is 24.0 Å². The highest BCUT2D eigenvalue weighted by Crippen LogP contribution is 2.19. The van der Waals surface area contributed by atoms with Crippen molar-refractivity contribution in [2.75, 3.05) is 12.4 Å². The molecule has 6 nitrogen and oxygen atoms in total. The van der Waals surface area contributed by atoms with Gasteiger partial charge >= 0.3 is 0 Å². The molecule has 7 heteroatoms. The number of ether oxygens (including phenoxy) is 1. The predicted molar refractivity (Wildman–Crippen MR) is 120 cm³/mol. The number of nitrogens with two attached hydrogens (primary N) is 1. The first-order valence-electron chi connectivity index (χ1n) is 8.40. The van der Waals surface area contributed by atoms with Crippen LogP contribution in [0.1, 0.15) is 17.0 Å². The Bertz CT molecular complexity index is 904. The SMILES string of the molecule is COc1ccc(NC(N)=NCc2c(C)nn(-c3ccccc3)c2C)cc1.I. The fraction of sp³-hybridized carbons (Fsp3) is 0.200. The lowest BCUT2D eigenvalue weighted by Crippen LogP contribution is -2.22. The van der Waals surface area contributed by atoms with Gasteiger partial charge in [0, 0.05) is 16.9 Å². The molecule has 0 saturated carbocycles. The van der Waals surface area contributed by atoms with Crippen molar-refractivity contribution >= 4 is 35.6 Å². The van der Waals surface area contributed by atoms with Gasteiger partial charge in [-0.05, 0) is 50.2 Å². The minimum absolute atomic E-state index is 0. The van der Waals surface area contributed by atoms with Crippen molar-refractivity contribution in [3.8, 4) is 11.4 Å². The predicted octanol–water partition coefficient (Wildman–Crippen LogP) is 4.04. The summed E-state index contributed by atoms with van der Waals surface area (Å²) in [6, 6.07) is 17.6. The third-order valence-corrected chi connectivity index (χ3v) is 4.21. The van der Waals surface area contributed by atoms with Gasteiger partial charge < -0.3 is 15.8 Å². The lowest BCUT2D eigenvalue weighted by molar-refractivity contribution is 0.415. The van der Waals surface area contributed by atoms with Gasteiger partial charge in [0.15, 0.2) is 5.96 Å². The molecule has 0 aliphatic rings. The number of hydrogen-bond donors (Lipinski definition) is 2. The molecule has 0 amide bonds. The Kier molecular flexibility index (Phi) is 7.23. The maximum atomic E-state index is 6.02. The normalized spacial score (nSPS) is 11.0. The molecule has 0 aliphatic carbocycles. The van der Waals surface area contributed by atoms with Crippen molar-refractivity contribution in [1.82, 2.24) is 9.78 Å². The number of guanidine groups is 1. The van der Waals surface area contributed by atoms with Crippen molar-refractivity contribution in [3.63, 3.8) is 0 Å². The number of aliphatic imine (C=N–C) groups is 1. The molecule has 2 aromatic carbocycles. The zero-order valence-corrected chi connectivity index (χ0v) is 18.0. The topological polar surface area (TPSA) is 77.5 Å². The number of rotatable bonds is 5. The first-order valence-corrected chi connectivity index (χ1v) is 8.40. The Balaban J connectivity index is 0.00000261. The number of aryl methyl sites for hydroxylation is 1. The summed E-state index contributed by atoms with van der Waals surface area (Å²) in [5.41, 5.74) is 11.0. The van der Waals surface area contributed by atoms with Crippen LogP contribution < -0.4 is 15.8 Å². The van der Waals surface area contributed by atoms with Gasteiger partial charge in [-0.1, -0.05) is 18.2 Å². The molecule has 0 bridgehead atoms. The molecule has 142 valence electrons. The number of nitrogens with zero attached hydrogens (tertiary/aromatic N) is 3. The minimum atomic E-state index is 0.